The van der Waals surface area contributed by atoms with Gasteiger partial charge in [-0.25, -0.2) is 0 Å². The standard InChI is InChI=1S/C13H27NO/c1-5-15-9-13(4,14)12-7-6-10(2)11(3)8-12/h10-12H,5-9,14H2,1-4H3. The summed E-state index contributed by atoms with van der Waals surface area (Å²) in [6, 6.07) is 0. The van der Waals surface area contributed by atoms with Crippen LogP contribution >= 0.6 is 0 Å². The topological polar surface area (TPSA) is 35.2 Å². The maximum Gasteiger partial charge on any atom is 0.0646 e. The Kier molecular flexibility index (Phi) is 4.60. The van der Waals surface area contributed by atoms with Crippen molar-refractivity contribution in [1.29, 1.82) is 0 Å². The Morgan fingerprint density at radius 2 is 1.93 bits per heavy atom. The molecule has 1 saturated carbocycles. The van der Waals surface area contributed by atoms with E-state index >= 15 is 0 Å². The van der Waals surface area contributed by atoms with Gasteiger partial charge in [-0.05, 0) is 44.4 Å². The Bertz CT molecular complexity index is 191. The average molecular weight is 213 g/mol. The molecule has 15 heavy (non-hydrogen) atoms. The van der Waals surface area contributed by atoms with Crippen LogP contribution in [0.3, 0.4) is 0 Å². The van der Waals surface area contributed by atoms with Gasteiger partial charge in [0.2, 0.25) is 0 Å². The van der Waals surface area contributed by atoms with E-state index in [0.29, 0.717) is 12.5 Å². The Morgan fingerprint density at radius 1 is 1.27 bits per heavy atom. The van der Waals surface area contributed by atoms with Crippen LogP contribution in [0.25, 0.3) is 0 Å². The molecule has 2 nitrogen and oxygen atoms in total. The van der Waals surface area contributed by atoms with E-state index in [-0.39, 0.29) is 5.54 Å². The van der Waals surface area contributed by atoms with Crippen molar-refractivity contribution >= 4 is 0 Å². The van der Waals surface area contributed by atoms with E-state index in [2.05, 4.69) is 20.8 Å². The lowest BCUT2D eigenvalue weighted by atomic mass is 9.69. The lowest BCUT2D eigenvalue weighted by Crippen LogP contribution is -2.50. The van der Waals surface area contributed by atoms with Gasteiger partial charge in [-0.3, -0.25) is 0 Å². The number of hydrogen-bond acceptors (Lipinski definition) is 2. The predicted octanol–water partition coefficient (Wildman–Crippen LogP) is 2.81. The van der Waals surface area contributed by atoms with Crippen molar-refractivity contribution in [2.24, 2.45) is 23.5 Å². The Morgan fingerprint density at radius 3 is 2.47 bits per heavy atom. The van der Waals surface area contributed by atoms with Gasteiger partial charge in [0, 0.05) is 12.1 Å². The molecule has 1 fully saturated rings. The molecule has 0 amide bonds. The van der Waals surface area contributed by atoms with Gasteiger partial charge in [0.1, 0.15) is 0 Å². The Labute approximate surface area is 94.6 Å². The first kappa shape index (κ1) is 13.0. The third-order valence-corrected chi connectivity index (χ3v) is 4.15. The van der Waals surface area contributed by atoms with Crippen molar-refractivity contribution in [1.82, 2.24) is 0 Å². The fourth-order valence-electron chi connectivity index (χ4n) is 2.59. The quantitative estimate of drug-likeness (QED) is 0.779. The van der Waals surface area contributed by atoms with Crippen LogP contribution in [0, 0.1) is 17.8 Å². The number of rotatable bonds is 4. The molecule has 0 aromatic heterocycles. The highest BCUT2D eigenvalue weighted by Crippen LogP contribution is 2.37. The van der Waals surface area contributed by atoms with Crippen molar-refractivity contribution in [2.45, 2.75) is 52.5 Å². The minimum atomic E-state index is -0.135. The summed E-state index contributed by atoms with van der Waals surface area (Å²) in [5.41, 5.74) is 6.23. The summed E-state index contributed by atoms with van der Waals surface area (Å²) in [4.78, 5) is 0. The number of nitrogens with two attached hydrogens (primary N) is 1. The predicted molar refractivity (Wildman–Crippen MR) is 64.8 cm³/mol. The molecule has 0 aliphatic heterocycles. The van der Waals surface area contributed by atoms with Gasteiger partial charge in [-0.15, -0.1) is 0 Å². The second kappa shape index (κ2) is 5.31. The van der Waals surface area contributed by atoms with Crippen molar-refractivity contribution in [3.63, 3.8) is 0 Å². The zero-order chi connectivity index (χ0) is 11.5. The molecule has 90 valence electrons. The van der Waals surface area contributed by atoms with Gasteiger partial charge >= 0.3 is 0 Å². The van der Waals surface area contributed by atoms with E-state index in [9.17, 15) is 0 Å². The van der Waals surface area contributed by atoms with Crippen LogP contribution in [0.2, 0.25) is 0 Å². The molecule has 2 heteroatoms. The molecule has 1 aliphatic rings. The van der Waals surface area contributed by atoms with Crippen LogP contribution in [-0.4, -0.2) is 18.8 Å². The van der Waals surface area contributed by atoms with E-state index < -0.39 is 0 Å². The summed E-state index contributed by atoms with van der Waals surface area (Å²) in [7, 11) is 0. The molecule has 0 saturated heterocycles. The zero-order valence-electron chi connectivity index (χ0n) is 10.8. The fraction of sp³-hybridized carbons (Fsp3) is 1.00. The van der Waals surface area contributed by atoms with Crippen LogP contribution in [0.1, 0.15) is 47.0 Å². The summed E-state index contributed by atoms with van der Waals surface area (Å²) >= 11 is 0. The third-order valence-electron chi connectivity index (χ3n) is 4.15. The van der Waals surface area contributed by atoms with Crippen LogP contribution in [0.4, 0.5) is 0 Å². The average Bonchev–Trinajstić information content (AvgIpc) is 2.19. The van der Waals surface area contributed by atoms with Crippen LogP contribution in [0.5, 0.6) is 0 Å². The van der Waals surface area contributed by atoms with Crippen LogP contribution in [-0.2, 0) is 4.74 Å². The summed E-state index contributed by atoms with van der Waals surface area (Å²) < 4.78 is 5.49. The minimum absolute atomic E-state index is 0.135. The van der Waals surface area contributed by atoms with E-state index in [1.807, 2.05) is 6.92 Å². The number of ether oxygens (including phenoxy) is 1. The minimum Gasteiger partial charge on any atom is -0.380 e. The first-order valence-electron chi connectivity index (χ1n) is 6.34. The smallest absolute Gasteiger partial charge is 0.0646 e. The SMILES string of the molecule is CCOCC(C)(N)C1CCC(C)C(C)C1. The molecule has 0 bridgehead atoms. The lowest BCUT2D eigenvalue weighted by molar-refractivity contribution is 0.0472. The summed E-state index contributed by atoms with van der Waals surface area (Å²) in [6.07, 6.45) is 3.86. The van der Waals surface area contributed by atoms with Gasteiger partial charge in [0.25, 0.3) is 0 Å². The van der Waals surface area contributed by atoms with Gasteiger partial charge in [-0.1, -0.05) is 20.3 Å². The highest BCUT2D eigenvalue weighted by Gasteiger charge is 2.35. The highest BCUT2D eigenvalue weighted by molar-refractivity contribution is 4.91. The maximum atomic E-state index is 6.36. The first-order chi connectivity index (χ1) is 6.97. The largest absolute Gasteiger partial charge is 0.380 e. The molecular weight excluding hydrogens is 186 g/mol. The van der Waals surface area contributed by atoms with Crippen molar-refractivity contribution < 1.29 is 4.74 Å². The molecule has 1 rings (SSSR count). The molecule has 1 aliphatic carbocycles. The molecule has 0 heterocycles. The molecular formula is C13H27NO. The van der Waals surface area contributed by atoms with Crippen molar-refractivity contribution in [2.75, 3.05) is 13.2 Å². The summed E-state index contributed by atoms with van der Waals surface area (Å²) in [5, 5.41) is 0. The summed E-state index contributed by atoms with van der Waals surface area (Å²) in [5.74, 6) is 2.31. The maximum absolute atomic E-state index is 6.36. The van der Waals surface area contributed by atoms with Crippen molar-refractivity contribution in [3.05, 3.63) is 0 Å². The molecule has 4 unspecified atom stereocenters. The fourth-order valence-corrected chi connectivity index (χ4v) is 2.59. The summed E-state index contributed by atoms with van der Waals surface area (Å²) in [6.45, 7) is 10.4. The Hall–Kier alpha value is -0.0800. The van der Waals surface area contributed by atoms with E-state index in [1.54, 1.807) is 0 Å². The normalized spacial score (nSPS) is 36.2. The third kappa shape index (κ3) is 3.46. The van der Waals surface area contributed by atoms with E-state index in [0.717, 1.165) is 18.4 Å². The number of hydrogen-bond donors (Lipinski definition) is 1. The van der Waals surface area contributed by atoms with Gasteiger partial charge in [0.05, 0.1) is 6.61 Å². The molecule has 0 radical (unpaired) electrons. The lowest BCUT2D eigenvalue weighted by Gasteiger charge is -2.41. The van der Waals surface area contributed by atoms with Gasteiger partial charge in [0.15, 0.2) is 0 Å². The first-order valence-corrected chi connectivity index (χ1v) is 6.34. The second-order valence-electron chi connectivity index (χ2n) is 5.61. The second-order valence-corrected chi connectivity index (χ2v) is 5.61. The van der Waals surface area contributed by atoms with Crippen LogP contribution < -0.4 is 5.73 Å². The molecule has 0 aromatic rings. The van der Waals surface area contributed by atoms with E-state index in [1.165, 1.54) is 19.3 Å². The monoisotopic (exact) mass is 213 g/mol. The van der Waals surface area contributed by atoms with Gasteiger partial charge in [-0.2, -0.15) is 0 Å². The molecule has 0 aromatic carbocycles. The highest BCUT2D eigenvalue weighted by atomic mass is 16.5. The van der Waals surface area contributed by atoms with E-state index in [4.69, 9.17) is 10.5 Å². The molecule has 4 atom stereocenters. The molecule has 2 N–H and O–H groups in total. The molecule has 0 spiro atoms. The van der Waals surface area contributed by atoms with Gasteiger partial charge < -0.3 is 10.5 Å². The van der Waals surface area contributed by atoms with Crippen molar-refractivity contribution in [3.8, 4) is 0 Å². The van der Waals surface area contributed by atoms with Crippen LogP contribution in [0.15, 0.2) is 0 Å². The zero-order valence-corrected chi connectivity index (χ0v) is 10.8. The Balaban J connectivity index is 2.48.